The third-order valence-electron chi connectivity index (χ3n) is 4.72. The highest BCUT2D eigenvalue weighted by Crippen LogP contribution is 2.28. The Morgan fingerprint density at radius 2 is 2.06 bits per heavy atom. The van der Waals surface area contributed by atoms with E-state index in [1.165, 1.54) is 12.8 Å². The highest BCUT2D eigenvalue weighted by atomic mass is 16.2. The van der Waals surface area contributed by atoms with Crippen molar-refractivity contribution in [2.24, 2.45) is 0 Å². The third kappa shape index (κ3) is 3.04. The summed E-state index contributed by atoms with van der Waals surface area (Å²) >= 11 is 0. The van der Waals surface area contributed by atoms with E-state index in [-0.39, 0.29) is 5.91 Å². The van der Waals surface area contributed by atoms with Gasteiger partial charge in [-0.2, -0.15) is 0 Å². The van der Waals surface area contributed by atoms with E-state index >= 15 is 0 Å². The largest absolute Gasteiger partial charge is 0.340 e. The summed E-state index contributed by atoms with van der Waals surface area (Å²) in [5.41, 5.74) is 0. The molecule has 0 aromatic rings. The van der Waals surface area contributed by atoms with Crippen LogP contribution in [0.5, 0.6) is 0 Å². The maximum atomic E-state index is 12.2. The van der Waals surface area contributed by atoms with E-state index < -0.39 is 0 Å². The Hall–Kier alpha value is -0.610. The van der Waals surface area contributed by atoms with Gasteiger partial charge in [-0.05, 0) is 39.7 Å². The van der Waals surface area contributed by atoms with Crippen molar-refractivity contribution in [3.05, 3.63) is 0 Å². The lowest BCUT2D eigenvalue weighted by atomic mass is 10.1. The summed E-state index contributed by atoms with van der Waals surface area (Å²) in [5.74, 6) is 0.274. The third-order valence-corrected chi connectivity index (χ3v) is 4.72. The van der Waals surface area contributed by atoms with Gasteiger partial charge in [-0.1, -0.05) is 6.92 Å². The number of rotatable bonds is 4. The monoisotopic (exact) mass is 253 g/mol. The van der Waals surface area contributed by atoms with Crippen LogP contribution in [0.25, 0.3) is 0 Å². The zero-order valence-corrected chi connectivity index (χ0v) is 12.0. The van der Waals surface area contributed by atoms with Crippen molar-refractivity contribution in [2.45, 2.75) is 57.7 Å². The summed E-state index contributed by atoms with van der Waals surface area (Å²) in [6, 6.07) is 1.72. The van der Waals surface area contributed by atoms with Crippen LogP contribution in [0.4, 0.5) is 0 Å². The van der Waals surface area contributed by atoms with E-state index in [9.17, 15) is 4.79 Å². The average molecular weight is 253 g/mol. The molecule has 0 spiro atoms. The lowest BCUT2D eigenvalue weighted by molar-refractivity contribution is -0.130. The Kier molecular flexibility index (Phi) is 4.62. The van der Waals surface area contributed by atoms with E-state index in [4.69, 9.17) is 0 Å². The molecule has 1 N–H and O–H groups in total. The molecular weight excluding hydrogens is 226 g/mol. The van der Waals surface area contributed by atoms with Gasteiger partial charge in [0.15, 0.2) is 0 Å². The van der Waals surface area contributed by atoms with Gasteiger partial charge in [0.25, 0.3) is 0 Å². The number of hydrogen-bond donors (Lipinski definition) is 1. The minimum Gasteiger partial charge on any atom is -0.340 e. The molecule has 0 radical (unpaired) electrons. The predicted molar refractivity (Wildman–Crippen MR) is 73.5 cm³/mol. The molecule has 0 aromatic carbocycles. The van der Waals surface area contributed by atoms with Crippen LogP contribution in [0, 0.1) is 0 Å². The Balaban J connectivity index is 1.84. The molecule has 2 rings (SSSR count). The van der Waals surface area contributed by atoms with Crippen LogP contribution in [-0.2, 0) is 4.79 Å². The Morgan fingerprint density at radius 1 is 1.33 bits per heavy atom. The summed E-state index contributed by atoms with van der Waals surface area (Å²) in [5, 5.41) is 3.30. The first-order valence-corrected chi connectivity index (χ1v) is 7.35. The first-order valence-electron chi connectivity index (χ1n) is 7.35. The van der Waals surface area contributed by atoms with Crippen molar-refractivity contribution in [3.8, 4) is 0 Å². The summed E-state index contributed by atoms with van der Waals surface area (Å²) in [6.07, 6.45) is 4.78. The summed E-state index contributed by atoms with van der Waals surface area (Å²) in [7, 11) is 2.22. The van der Waals surface area contributed by atoms with E-state index in [1.807, 2.05) is 0 Å². The second-order valence-corrected chi connectivity index (χ2v) is 5.87. The van der Waals surface area contributed by atoms with Crippen molar-refractivity contribution in [1.29, 1.82) is 0 Å². The number of carbonyl (C=O) groups is 1. The number of fused-ring (bicyclic) bond motifs is 2. The van der Waals surface area contributed by atoms with Crippen molar-refractivity contribution in [2.75, 3.05) is 26.7 Å². The fourth-order valence-electron chi connectivity index (χ4n) is 3.05. The molecule has 2 fully saturated rings. The molecule has 18 heavy (non-hydrogen) atoms. The number of amides is 1. The van der Waals surface area contributed by atoms with Crippen LogP contribution in [0.1, 0.15) is 39.5 Å². The Bertz CT molecular complexity index is 295. The Morgan fingerprint density at radius 3 is 2.78 bits per heavy atom. The zero-order valence-electron chi connectivity index (χ0n) is 12.0. The molecular formula is C14H27N3O. The number of nitrogens with one attached hydrogen (secondary N) is 1. The molecule has 104 valence electrons. The maximum Gasteiger partial charge on any atom is 0.236 e. The molecule has 2 bridgehead atoms. The first-order chi connectivity index (χ1) is 8.61. The van der Waals surface area contributed by atoms with Crippen LogP contribution < -0.4 is 5.32 Å². The predicted octanol–water partition coefficient (Wildman–Crippen LogP) is 1.07. The minimum absolute atomic E-state index is 0.274. The molecule has 2 heterocycles. The second kappa shape index (κ2) is 6.02. The van der Waals surface area contributed by atoms with E-state index in [2.05, 4.69) is 36.0 Å². The van der Waals surface area contributed by atoms with Gasteiger partial charge >= 0.3 is 0 Å². The highest BCUT2D eigenvalue weighted by molar-refractivity contribution is 5.78. The van der Waals surface area contributed by atoms with Crippen molar-refractivity contribution >= 4 is 5.91 Å². The number of likely N-dealkylation sites (N-methyl/N-ethyl adjacent to an activating group) is 1. The first kappa shape index (κ1) is 13.8. The van der Waals surface area contributed by atoms with Gasteiger partial charge < -0.3 is 10.2 Å². The van der Waals surface area contributed by atoms with Crippen LogP contribution in [0.3, 0.4) is 0 Å². The van der Waals surface area contributed by atoms with Crippen LogP contribution in [0.2, 0.25) is 0 Å². The van der Waals surface area contributed by atoms with Gasteiger partial charge in [0.1, 0.15) is 0 Å². The number of nitrogens with zero attached hydrogens (tertiary/aromatic N) is 2. The van der Waals surface area contributed by atoms with Gasteiger partial charge in [-0.15, -0.1) is 0 Å². The molecule has 4 nitrogen and oxygen atoms in total. The van der Waals surface area contributed by atoms with Gasteiger partial charge in [0, 0.05) is 31.2 Å². The summed E-state index contributed by atoms with van der Waals surface area (Å²) < 4.78 is 0. The van der Waals surface area contributed by atoms with E-state index in [1.54, 1.807) is 0 Å². The molecule has 3 atom stereocenters. The lowest BCUT2D eigenvalue weighted by Crippen LogP contribution is -2.44. The quantitative estimate of drug-likeness (QED) is 0.814. The van der Waals surface area contributed by atoms with Crippen molar-refractivity contribution in [3.63, 3.8) is 0 Å². The van der Waals surface area contributed by atoms with Gasteiger partial charge in [-0.25, -0.2) is 0 Å². The van der Waals surface area contributed by atoms with Crippen molar-refractivity contribution < 1.29 is 4.79 Å². The fourth-order valence-corrected chi connectivity index (χ4v) is 3.05. The molecule has 0 aromatic heterocycles. The molecule has 2 saturated heterocycles. The lowest BCUT2D eigenvalue weighted by Gasteiger charge is -2.26. The molecule has 4 heteroatoms. The molecule has 2 aliphatic heterocycles. The van der Waals surface area contributed by atoms with E-state index in [0.29, 0.717) is 24.7 Å². The van der Waals surface area contributed by atoms with E-state index in [0.717, 1.165) is 25.9 Å². The summed E-state index contributed by atoms with van der Waals surface area (Å²) in [6.45, 7) is 6.63. The maximum absolute atomic E-state index is 12.2. The number of carbonyl (C=O) groups excluding carboxylic acids is 1. The second-order valence-electron chi connectivity index (χ2n) is 5.87. The topological polar surface area (TPSA) is 35.6 Å². The minimum atomic E-state index is 0.274. The zero-order chi connectivity index (χ0) is 13.1. The van der Waals surface area contributed by atoms with Gasteiger partial charge in [-0.3, -0.25) is 9.69 Å². The molecule has 1 amide bonds. The normalized spacial score (nSPS) is 30.3. The smallest absolute Gasteiger partial charge is 0.236 e. The van der Waals surface area contributed by atoms with Gasteiger partial charge in [0.05, 0.1) is 6.54 Å². The number of hydrogen-bond acceptors (Lipinski definition) is 3. The Labute approximate surface area is 111 Å². The number of likely N-dealkylation sites (tertiary alicyclic amines) is 1. The van der Waals surface area contributed by atoms with Gasteiger partial charge in [0.2, 0.25) is 5.91 Å². The average Bonchev–Trinajstić information content (AvgIpc) is 2.60. The van der Waals surface area contributed by atoms with Crippen LogP contribution >= 0.6 is 0 Å². The highest BCUT2D eigenvalue weighted by Gasteiger charge is 2.35. The fraction of sp³-hybridized carbons (Fsp3) is 0.929. The standard InChI is InChI=1S/C14H27N3O/c1-4-11(2)15-9-14(18)17-8-7-12-5-6-13(10-17)16(12)3/h11-13,15H,4-10H2,1-3H3. The molecule has 0 aliphatic carbocycles. The van der Waals surface area contributed by atoms with Crippen LogP contribution in [0.15, 0.2) is 0 Å². The van der Waals surface area contributed by atoms with Crippen molar-refractivity contribution in [1.82, 2.24) is 15.1 Å². The summed E-state index contributed by atoms with van der Waals surface area (Å²) in [4.78, 5) is 16.7. The van der Waals surface area contributed by atoms with Crippen LogP contribution in [-0.4, -0.2) is 60.5 Å². The molecule has 2 aliphatic rings. The molecule has 3 unspecified atom stereocenters. The molecule has 0 saturated carbocycles. The SMILES string of the molecule is CCC(C)NCC(=O)N1CCC2CCC(C1)N2C.